The molecule has 2 unspecified atom stereocenters. The summed E-state index contributed by atoms with van der Waals surface area (Å²) in [5.41, 5.74) is 0. The molecule has 0 heterocycles. The minimum atomic E-state index is -0.833. The summed E-state index contributed by atoms with van der Waals surface area (Å²) in [5.74, 6) is -1.66. The molecule has 0 radical (unpaired) electrons. The van der Waals surface area contributed by atoms with Crippen LogP contribution in [0.5, 0.6) is 0 Å². The normalized spacial score (nSPS) is 25.4. The third-order valence-electron chi connectivity index (χ3n) is 2.49. The lowest BCUT2D eigenvalue weighted by Crippen LogP contribution is -2.29. The van der Waals surface area contributed by atoms with Gasteiger partial charge in [0.05, 0.1) is 12.0 Å². The molecule has 5 heteroatoms. The van der Waals surface area contributed by atoms with Crippen LogP contribution < -0.4 is 5.32 Å². The van der Waals surface area contributed by atoms with Crippen molar-refractivity contribution in [3.63, 3.8) is 0 Å². The highest BCUT2D eigenvalue weighted by Gasteiger charge is 2.33. The highest BCUT2D eigenvalue weighted by Crippen LogP contribution is 2.30. The summed E-state index contributed by atoms with van der Waals surface area (Å²) in [6, 6.07) is 1.81. The van der Waals surface area contributed by atoms with E-state index in [2.05, 4.69) is 5.32 Å². The van der Waals surface area contributed by atoms with Gasteiger partial charge in [-0.25, -0.2) is 0 Å². The summed E-state index contributed by atoms with van der Waals surface area (Å²) in [6.45, 7) is -0.00687. The van der Waals surface area contributed by atoms with Gasteiger partial charge in [0.1, 0.15) is 6.54 Å². The lowest BCUT2D eigenvalue weighted by Gasteiger charge is -2.07. The van der Waals surface area contributed by atoms with Crippen molar-refractivity contribution in [3.8, 4) is 6.07 Å². The van der Waals surface area contributed by atoms with Crippen LogP contribution in [0.4, 0.5) is 0 Å². The number of aliphatic carboxylic acids is 1. The van der Waals surface area contributed by atoms with Crippen molar-refractivity contribution in [2.75, 3.05) is 6.54 Å². The topological polar surface area (TPSA) is 90.2 Å². The second kappa shape index (κ2) is 4.61. The molecule has 2 N–H and O–H groups in total. The van der Waals surface area contributed by atoms with Crippen molar-refractivity contribution < 1.29 is 14.7 Å². The number of carbonyl (C=O) groups is 2. The van der Waals surface area contributed by atoms with Crippen molar-refractivity contribution in [1.82, 2.24) is 5.32 Å². The molecule has 0 aromatic rings. The monoisotopic (exact) mass is 196 g/mol. The van der Waals surface area contributed by atoms with E-state index in [-0.39, 0.29) is 18.4 Å². The van der Waals surface area contributed by atoms with Gasteiger partial charge in [-0.1, -0.05) is 0 Å². The first-order valence-electron chi connectivity index (χ1n) is 4.52. The number of nitrogens with one attached hydrogen (secondary N) is 1. The van der Waals surface area contributed by atoms with Crippen LogP contribution in [0.3, 0.4) is 0 Å². The number of hydrogen-bond donors (Lipinski definition) is 2. The third kappa shape index (κ3) is 2.46. The minimum Gasteiger partial charge on any atom is -0.481 e. The van der Waals surface area contributed by atoms with E-state index in [0.29, 0.717) is 19.3 Å². The molecular formula is C9H12N2O3. The number of amides is 1. The van der Waals surface area contributed by atoms with Crippen molar-refractivity contribution in [2.24, 2.45) is 11.8 Å². The highest BCUT2D eigenvalue weighted by atomic mass is 16.4. The molecule has 1 aliphatic rings. The Morgan fingerprint density at radius 1 is 1.43 bits per heavy atom. The fourth-order valence-corrected chi connectivity index (χ4v) is 1.71. The Morgan fingerprint density at radius 3 is 2.57 bits per heavy atom. The molecule has 0 aliphatic heterocycles. The smallest absolute Gasteiger partial charge is 0.306 e. The van der Waals surface area contributed by atoms with Crippen LogP contribution in [0.25, 0.3) is 0 Å². The number of carbonyl (C=O) groups excluding carboxylic acids is 1. The van der Waals surface area contributed by atoms with Crippen LogP contribution in [-0.2, 0) is 9.59 Å². The second-order valence-electron chi connectivity index (χ2n) is 3.42. The standard InChI is InChI=1S/C9H12N2O3/c10-3-4-11-8(12)6-1-2-7(5-6)9(13)14/h6-7H,1-2,4-5H2,(H,11,12)(H,13,14). The molecule has 0 saturated heterocycles. The maximum absolute atomic E-state index is 11.3. The number of carboxylic acids is 1. The van der Waals surface area contributed by atoms with Gasteiger partial charge in [0.15, 0.2) is 0 Å². The van der Waals surface area contributed by atoms with E-state index in [1.54, 1.807) is 0 Å². The summed E-state index contributed by atoms with van der Waals surface area (Å²) in [4.78, 5) is 21.9. The first kappa shape index (κ1) is 10.5. The molecule has 14 heavy (non-hydrogen) atoms. The average Bonchev–Trinajstić information content (AvgIpc) is 2.62. The molecule has 1 fully saturated rings. The van der Waals surface area contributed by atoms with Crippen LogP contribution >= 0.6 is 0 Å². The van der Waals surface area contributed by atoms with Crippen LogP contribution in [0, 0.1) is 23.2 Å². The summed E-state index contributed by atoms with van der Waals surface area (Å²) in [7, 11) is 0. The summed E-state index contributed by atoms with van der Waals surface area (Å²) < 4.78 is 0. The maximum Gasteiger partial charge on any atom is 0.306 e. The van der Waals surface area contributed by atoms with Gasteiger partial charge in [-0.05, 0) is 19.3 Å². The van der Waals surface area contributed by atoms with E-state index in [1.807, 2.05) is 6.07 Å². The maximum atomic E-state index is 11.3. The van der Waals surface area contributed by atoms with E-state index in [4.69, 9.17) is 10.4 Å². The quantitative estimate of drug-likeness (QED) is 0.627. The van der Waals surface area contributed by atoms with Crippen LogP contribution in [0.15, 0.2) is 0 Å². The predicted octanol–water partition coefficient (Wildman–Crippen LogP) is 0.127. The molecule has 1 saturated carbocycles. The van der Waals surface area contributed by atoms with E-state index >= 15 is 0 Å². The Bertz CT molecular complexity index is 282. The van der Waals surface area contributed by atoms with Gasteiger partial charge in [-0.3, -0.25) is 9.59 Å². The van der Waals surface area contributed by atoms with Crippen molar-refractivity contribution in [2.45, 2.75) is 19.3 Å². The van der Waals surface area contributed by atoms with Gasteiger partial charge in [-0.15, -0.1) is 0 Å². The Kier molecular flexibility index (Phi) is 3.46. The van der Waals surface area contributed by atoms with Gasteiger partial charge in [0.25, 0.3) is 0 Å². The largest absolute Gasteiger partial charge is 0.481 e. The van der Waals surface area contributed by atoms with Crippen molar-refractivity contribution in [3.05, 3.63) is 0 Å². The minimum absolute atomic E-state index is 0.00687. The Balaban J connectivity index is 2.38. The zero-order valence-corrected chi connectivity index (χ0v) is 7.69. The van der Waals surface area contributed by atoms with Gasteiger partial charge in [0.2, 0.25) is 5.91 Å². The number of hydrogen-bond acceptors (Lipinski definition) is 3. The van der Waals surface area contributed by atoms with E-state index in [0.717, 1.165) is 0 Å². The molecule has 5 nitrogen and oxygen atoms in total. The van der Waals surface area contributed by atoms with Crippen LogP contribution in [0.1, 0.15) is 19.3 Å². The Labute approximate surface area is 81.7 Å². The molecule has 2 atom stereocenters. The lowest BCUT2D eigenvalue weighted by atomic mass is 10.0. The molecule has 0 aromatic heterocycles. The predicted molar refractivity (Wildman–Crippen MR) is 47.1 cm³/mol. The molecule has 76 valence electrons. The Morgan fingerprint density at radius 2 is 2.07 bits per heavy atom. The fraction of sp³-hybridized carbons (Fsp3) is 0.667. The first-order valence-corrected chi connectivity index (χ1v) is 4.52. The van der Waals surface area contributed by atoms with Crippen LogP contribution in [0.2, 0.25) is 0 Å². The third-order valence-corrected chi connectivity index (χ3v) is 2.49. The SMILES string of the molecule is N#CCNC(=O)C1CCC(C(=O)O)C1. The molecule has 0 aromatic carbocycles. The van der Waals surface area contributed by atoms with E-state index in [9.17, 15) is 9.59 Å². The molecule has 1 aliphatic carbocycles. The average molecular weight is 196 g/mol. The molecular weight excluding hydrogens is 184 g/mol. The van der Waals surface area contributed by atoms with Crippen molar-refractivity contribution >= 4 is 11.9 Å². The molecule has 1 amide bonds. The van der Waals surface area contributed by atoms with E-state index < -0.39 is 11.9 Å². The lowest BCUT2D eigenvalue weighted by molar-refractivity contribution is -0.141. The molecule has 1 rings (SSSR count). The zero-order chi connectivity index (χ0) is 10.6. The highest BCUT2D eigenvalue weighted by molar-refractivity contribution is 5.80. The van der Waals surface area contributed by atoms with Gasteiger partial charge < -0.3 is 10.4 Å². The van der Waals surface area contributed by atoms with Gasteiger partial charge in [0, 0.05) is 5.92 Å². The second-order valence-corrected chi connectivity index (χ2v) is 3.42. The van der Waals surface area contributed by atoms with Gasteiger partial charge in [-0.2, -0.15) is 5.26 Å². The number of carboxylic acid groups (broad SMARTS) is 1. The number of nitriles is 1. The summed E-state index contributed by atoms with van der Waals surface area (Å²) >= 11 is 0. The number of nitrogens with zero attached hydrogens (tertiary/aromatic N) is 1. The molecule has 0 spiro atoms. The Hall–Kier alpha value is -1.57. The van der Waals surface area contributed by atoms with Crippen molar-refractivity contribution in [1.29, 1.82) is 5.26 Å². The summed E-state index contributed by atoms with van der Waals surface area (Å²) in [6.07, 6.45) is 1.56. The first-order chi connectivity index (χ1) is 6.65. The fourth-order valence-electron chi connectivity index (χ4n) is 1.71. The van der Waals surface area contributed by atoms with Crippen LogP contribution in [-0.4, -0.2) is 23.5 Å². The van der Waals surface area contributed by atoms with Gasteiger partial charge >= 0.3 is 5.97 Å². The zero-order valence-electron chi connectivity index (χ0n) is 7.69. The van der Waals surface area contributed by atoms with E-state index in [1.165, 1.54) is 0 Å². The summed E-state index contributed by atoms with van der Waals surface area (Å²) in [5, 5.41) is 19.4. The molecule has 0 bridgehead atoms. The number of rotatable bonds is 3.